The average molecular weight is 489 g/mol. The first kappa shape index (κ1) is 25.8. The van der Waals surface area contributed by atoms with Crippen LogP contribution in [0.15, 0.2) is 22.7 Å². The van der Waals surface area contributed by atoms with E-state index < -0.39 is 18.1 Å². The van der Waals surface area contributed by atoms with Gasteiger partial charge in [0.05, 0.1) is 11.0 Å². The largest absolute Gasteiger partial charge is 0.490 e. The van der Waals surface area contributed by atoms with Gasteiger partial charge in [-0.1, -0.05) is 12.1 Å². The lowest BCUT2D eigenvalue weighted by Gasteiger charge is -2.18. The summed E-state index contributed by atoms with van der Waals surface area (Å²) in [5.41, 5.74) is 8.82. The lowest BCUT2D eigenvalue weighted by molar-refractivity contribution is -0.127. The minimum Gasteiger partial charge on any atom is -0.490 e. The van der Waals surface area contributed by atoms with Crippen molar-refractivity contribution in [3.63, 3.8) is 0 Å². The number of nitrogens with zero attached hydrogens (tertiary/aromatic N) is 3. The van der Waals surface area contributed by atoms with Crippen LogP contribution in [-0.4, -0.2) is 64.1 Å². The van der Waals surface area contributed by atoms with Crippen molar-refractivity contribution in [1.29, 1.82) is 0 Å². The molecular formula is C24H32N4O5S. The monoisotopic (exact) mass is 488 g/mol. The van der Waals surface area contributed by atoms with E-state index in [0.29, 0.717) is 23.9 Å². The molecular weight excluding hydrogens is 456 g/mol. The third kappa shape index (κ3) is 6.20. The van der Waals surface area contributed by atoms with Crippen molar-refractivity contribution in [2.24, 2.45) is 5.73 Å². The highest BCUT2D eigenvalue weighted by atomic mass is 32.1. The van der Waals surface area contributed by atoms with Gasteiger partial charge in [-0.3, -0.25) is 4.79 Å². The molecule has 1 amide bonds. The van der Waals surface area contributed by atoms with Gasteiger partial charge in [-0.2, -0.15) is 4.98 Å². The van der Waals surface area contributed by atoms with E-state index in [2.05, 4.69) is 28.0 Å². The Bertz CT molecular complexity index is 1140. The number of amides is 1. The maximum absolute atomic E-state index is 11.0. The van der Waals surface area contributed by atoms with Gasteiger partial charge in [0.15, 0.2) is 0 Å². The normalized spacial score (nSPS) is 13.3. The summed E-state index contributed by atoms with van der Waals surface area (Å²) in [7, 11) is 4.08. The van der Waals surface area contributed by atoms with Crippen molar-refractivity contribution in [2.75, 3.05) is 20.7 Å². The molecule has 9 nitrogen and oxygen atoms in total. The van der Waals surface area contributed by atoms with Crippen LogP contribution < -0.4 is 10.5 Å². The number of nitrogens with two attached hydrogens (primary N) is 1. The summed E-state index contributed by atoms with van der Waals surface area (Å²) in [4.78, 5) is 19.9. The van der Waals surface area contributed by atoms with E-state index >= 15 is 0 Å². The summed E-state index contributed by atoms with van der Waals surface area (Å²) >= 11 is 1.65. The van der Waals surface area contributed by atoms with E-state index in [-0.39, 0.29) is 13.0 Å². The van der Waals surface area contributed by atoms with Crippen LogP contribution in [0, 0.1) is 13.8 Å². The molecule has 0 aliphatic heterocycles. The van der Waals surface area contributed by atoms with Gasteiger partial charge in [-0.25, -0.2) is 0 Å². The second-order valence-corrected chi connectivity index (χ2v) is 9.77. The van der Waals surface area contributed by atoms with Gasteiger partial charge in [0.1, 0.15) is 18.5 Å². The van der Waals surface area contributed by atoms with Crippen molar-refractivity contribution in [3.05, 3.63) is 39.8 Å². The number of carbonyl (C=O) groups is 1. The van der Waals surface area contributed by atoms with E-state index in [1.807, 2.05) is 40.1 Å². The fourth-order valence-electron chi connectivity index (χ4n) is 3.58. The van der Waals surface area contributed by atoms with E-state index in [1.54, 1.807) is 11.3 Å². The number of aliphatic hydroxyl groups is 2. The molecule has 1 aromatic carbocycles. The Morgan fingerprint density at radius 2 is 1.97 bits per heavy atom. The fraction of sp³-hybridized carbons (Fsp3) is 0.458. The number of carbonyl (C=O) groups excluding carboxylic acids is 1. The van der Waals surface area contributed by atoms with Crippen molar-refractivity contribution >= 4 is 17.2 Å². The maximum atomic E-state index is 11.0. The first-order valence-electron chi connectivity index (χ1n) is 11.1. The number of thiophene rings is 1. The predicted octanol–water partition coefficient (Wildman–Crippen LogP) is 2.68. The van der Waals surface area contributed by atoms with E-state index in [9.17, 15) is 15.0 Å². The van der Waals surface area contributed by atoms with Gasteiger partial charge in [0, 0.05) is 23.4 Å². The second-order valence-electron chi connectivity index (χ2n) is 8.63. The minimum absolute atomic E-state index is 0.0725. The molecule has 34 heavy (non-hydrogen) atoms. The molecule has 2 aromatic heterocycles. The predicted molar refractivity (Wildman–Crippen MR) is 131 cm³/mol. The standard InChI is InChI=1S/C24H32N4O5S/c1-6-15-9-16(7-14(3)21(15)32-12-17(29)10-18(30)22(25)31)23-26-24(33-27-23)19-8-13(2)20(34-19)11-28(4)5/h7-9,17-18,29-30H,6,10-12H2,1-5H3,(H2,25,31)/t17-,18?/m0/s1. The molecule has 2 atom stereocenters. The van der Waals surface area contributed by atoms with Crippen LogP contribution in [0.5, 0.6) is 5.75 Å². The summed E-state index contributed by atoms with van der Waals surface area (Å²) in [5, 5.41) is 23.8. The number of rotatable bonds is 11. The van der Waals surface area contributed by atoms with Gasteiger partial charge in [-0.15, -0.1) is 11.3 Å². The van der Waals surface area contributed by atoms with Crippen LogP contribution in [0.3, 0.4) is 0 Å². The Kier molecular flexibility index (Phi) is 8.42. The zero-order valence-electron chi connectivity index (χ0n) is 20.2. The molecule has 0 radical (unpaired) electrons. The molecule has 1 unspecified atom stereocenters. The molecule has 184 valence electrons. The Morgan fingerprint density at radius 3 is 2.62 bits per heavy atom. The molecule has 4 N–H and O–H groups in total. The fourth-order valence-corrected chi connectivity index (χ4v) is 4.79. The molecule has 3 aromatic rings. The molecule has 0 saturated heterocycles. The summed E-state index contributed by atoms with van der Waals surface area (Å²) in [6, 6.07) is 5.92. The van der Waals surface area contributed by atoms with Crippen molar-refractivity contribution in [1.82, 2.24) is 15.0 Å². The summed E-state index contributed by atoms with van der Waals surface area (Å²) in [6.07, 6.45) is -1.94. The molecule has 10 heteroatoms. The zero-order chi connectivity index (χ0) is 25.0. The van der Waals surface area contributed by atoms with Crippen molar-refractivity contribution in [3.8, 4) is 27.9 Å². The molecule has 0 bridgehead atoms. The highest BCUT2D eigenvalue weighted by molar-refractivity contribution is 7.15. The number of aliphatic hydroxyl groups excluding tert-OH is 2. The van der Waals surface area contributed by atoms with Gasteiger partial charge in [0.2, 0.25) is 11.7 Å². The third-order valence-corrected chi connectivity index (χ3v) is 6.56. The number of benzene rings is 1. The molecule has 0 saturated carbocycles. The van der Waals surface area contributed by atoms with Crippen LogP contribution in [0.1, 0.15) is 34.9 Å². The van der Waals surface area contributed by atoms with Crippen LogP contribution in [0.2, 0.25) is 0 Å². The topological polar surface area (TPSA) is 135 Å². The van der Waals surface area contributed by atoms with E-state index in [4.69, 9.17) is 15.0 Å². The summed E-state index contributed by atoms with van der Waals surface area (Å²) in [6.45, 7) is 6.77. The van der Waals surface area contributed by atoms with Crippen LogP contribution in [0.25, 0.3) is 22.2 Å². The molecule has 0 spiro atoms. The minimum atomic E-state index is -1.41. The smallest absolute Gasteiger partial charge is 0.268 e. The SMILES string of the molecule is CCc1cc(-c2noc(-c3cc(C)c(CN(C)C)s3)n2)cc(C)c1OC[C@@H](O)CC(O)C(N)=O. The van der Waals surface area contributed by atoms with Gasteiger partial charge < -0.3 is 30.1 Å². The Labute approximate surface area is 203 Å². The van der Waals surface area contributed by atoms with Gasteiger partial charge in [-0.05, 0) is 69.3 Å². The average Bonchev–Trinajstić information content (AvgIpc) is 3.39. The highest BCUT2D eigenvalue weighted by Gasteiger charge is 2.20. The van der Waals surface area contributed by atoms with Crippen LogP contribution >= 0.6 is 11.3 Å². The number of aryl methyl sites for hydroxylation is 3. The summed E-state index contributed by atoms with van der Waals surface area (Å²) < 4.78 is 11.4. The molecule has 0 aliphatic carbocycles. The van der Waals surface area contributed by atoms with Crippen molar-refractivity contribution in [2.45, 2.75) is 52.4 Å². The first-order chi connectivity index (χ1) is 16.1. The summed E-state index contributed by atoms with van der Waals surface area (Å²) in [5.74, 6) is 0.745. The van der Waals surface area contributed by atoms with Gasteiger partial charge >= 0.3 is 0 Å². The number of hydrogen-bond donors (Lipinski definition) is 3. The molecule has 0 fully saturated rings. The lowest BCUT2D eigenvalue weighted by atomic mass is 10.0. The van der Waals surface area contributed by atoms with Gasteiger partial charge in [0.25, 0.3) is 5.89 Å². The first-order valence-corrected chi connectivity index (χ1v) is 11.9. The van der Waals surface area contributed by atoms with E-state index in [0.717, 1.165) is 28.1 Å². The second kappa shape index (κ2) is 11.1. The van der Waals surface area contributed by atoms with Crippen molar-refractivity contribution < 1.29 is 24.3 Å². The highest BCUT2D eigenvalue weighted by Crippen LogP contribution is 2.34. The Morgan fingerprint density at radius 1 is 1.24 bits per heavy atom. The Hall–Kier alpha value is -2.79. The maximum Gasteiger partial charge on any atom is 0.268 e. The quantitative estimate of drug-likeness (QED) is 0.375. The molecule has 0 aliphatic rings. The Balaban J connectivity index is 1.78. The third-order valence-electron chi connectivity index (χ3n) is 5.35. The van der Waals surface area contributed by atoms with Crippen LogP contribution in [0.4, 0.5) is 0 Å². The van der Waals surface area contributed by atoms with E-state index in [1.165, 1.54) is 10.4 Å². The van der Waals surface area contributed by atoms with Crippen LogP contribution in [-0.2, 0) is 17.8 Å². The zero-order valence-corrected chi connectivity index (χ0v) is 21.0. The lowest BCUT2D eigenvalue weighted by Crippen LogP contribution is -2.33. The number of primary amides is 1. The number of aromatic nitrogens is 2. The molecule has 2 heterocycles. The number of hydrogen-bond acceptors (Lipinski definition) is 9. The molecule has 3 rings (SSSR count). The number of ether oxygens (including phenoxy) is 1.